The number of benzene rings is 2. The average molecular weight is 436 g/mol. The Balaban J connectivity index is 1.79. The molecule has 0 aliphatic rings. The van der Waals surface area contributed by atoms with Crippen molar-refractivity contribution in [2.24, 2.45) is 0 Å². The Morgan fingerprint density at radius 1 is 1.07 bits per heavy atom. The molecule has 8 heteroatoms. The van der Waals surface area contributed by atoms with Gasteiger partial charge in [0.1, 0.15) is 17.2 Å². The summed E-state index contributed by atoms with van der Waals surface area (Å²) in [4.78, 5) is 24.4. The topological polar surface area (TPSA) is 83.1 Å². The quantitative estimate of drug-likeness (QED) is 0.440. The van der Waals surface area contributed by atoms with Crippen LogP contribution in [0.5, 0.6) is 17.2 Å². The SMILES string of the molecule is COc1ccc(OC)c(NC(=O)C(C)OC(=O)CCCOc2ccc(Cl)cc2C)c1. The highest BCUT2D eigenvalue weighted by atomic mass is 35.5. The number of carbonyl (C=O) groups is 2. The van der Waals surface area contributed by atoms with Crippen LogP contribution in [0.25, 0.3) is 0 Å². The predicted molar refractivity (Wildman–Crippen MR) is 115 cm³/mol. The molecule has 0 saturated heterocycles. The lowest BCUT2D eigenvalue weighted by atomic mass is 10.2. The zero-order chi connectivity index (χ0) is 22.1. The first-order valence-electron chi connectivity index (χ1n) is 9.45. The summed E-state index contributed by atoms with van der Waals surface area (Å²) >= 11 is 5.91. The van der Waals surface area contributed by atoms with Gasteiger partial charge in [-0.1, -0.05) is 11.6 Å². The van der Waals surface area contributed by atoms with Crippen molar-refractivity contribution < 1.29 is 28.5 Å². The molecule has 0 aromatic heterocycles. The molecule has 7 nitrogen and oxygen atoms in total. The highest BCUT2D eigenvalue weighted by Gasteiger charge is 2.19. The van der Waals surface area contributed by atoms with E-state index in [1.165, 1.54) is 21.1 Å². The van der Waals surface area contributed by atoms with E-state index in [4.69, 9.17) is 30.5 Å². The third kappa shape index (κ3) is 6.84. The number of anilines is 1. The number of ether oxygens (including phenoxy) is 4. The second-order valence-electron chi connectivity index (χ2n) is 6.55. The number of amides is 1. The lowest BCUT2D eigenvalue weighted by molar-refractivity contribution is -0.153. The van der Waals surface area contributed by atoms with Crippen molar-refractivity contribution in [1.82, 2.24) is 0 Å². The summed E-state index contributed by atoms with van der Waals surface area (Å²) in [6, 6.07) is 10.4. The maximum atomic E-state index is 12.4. The van der Waals surface area contributed by atoms with Crippen LogP contribution in [0.4, 0.5) is 5.69 Å². The van der Waals surface area contributed by atoms with Gasteiger partial charge in [0, 0.05) is 17.5 Å². The minimum Gasteiger partial charge on any atom is -0.497 e. The van der Waals surface area contributed by atoms with Crippen LogP contribution in [0.15, 0.2) is 36.4 Å². The summed E-state index contributed by atoms with van der Waals surface area (Å²) in [5.41, 5.74) is 1.35. The molecule has 1 N–H and O–H groups in total. The van der Waals surface area contributed by atoms with Crippen LogP contribution in [-0.4, -0.2) is 38.8 Å². The van der Waals surface area contributed by atoms with E-state index in [1.54, 1.807) is 30.3 Å². The van der Waals surface area contributed by atoms with Crippen LogP contribution >= 0.6 is 11.6 Å². The number of nitrogens with one attached hydrogen (secondary N) is 1. The van der Waals surface area contributed by atoms with E-state index in [0.29, 0.717) is 41.0 Å². The van der Waals surface area contributed by atoms with Gasteiger partial charge in [0.25, 0.3) is 5.91 Å². The lowest BCUT2D eigenvalue weighted by Crippen LogP contribution is -2.30. The van der Waals surface area contributed by atoms with Crippen molar-refractivity contribution in [2.75, 3.05) is 26.1 Å². The summed E-state index contributed by atoms with van der Waals surface area (Å²) in [7, 11) is 3.02. The summed E-state index contributed by atoms with van der Waals surface area (Å²) < 4.78 is 21.2. The number of halogens is 1. The third-order valence-corrected chi connectivity index (χ3v) is 4.50. The highest BCUT2D eigenvalue weighted by molar-refractivity contribution is 6.30. The van der Waals surface area contributed by atoms with Crippen molar-refractivity contribution in [3.8, 4) is 17.2 Å². The van der Waals surface area contributed by atoms with Crippen molar-refractivity contribution in [1.29, 1.82) is 0 Å². The highest BCUT2D eigenvalue weighted by Crippen LogP contribution is 2.29. The van der Waals surface area contributed by atoms with Crippen molar-refractivity contribution >= 4 is 29.2 Å². The van der Waals surface area contributed by atoms with Crippen molar-refractivity contribution in [2.45, 2.75) is 32.8 Å². The fraction of sp³-hybridized carbons (Fsp3) is 0.364. The van der Waals surface area contributed by atoms with E-state index < -0.39 is 18.0 Å². The molecule has 2 aromatic rings. The number of aryl methyl sites for hydroxylation is 1. The zero-order valence-electron chi connectivity index (χ0n) is 17.5. The number of esters is 1. The normalized spacial score (nSPS) is 11.4. The Bertz CT molecular complexity index is 886. The fourth-order valence-electron chi connectivity index (χ4n) is 2.63. The first-order valence-corrected chi connectivity index (χ1v) is 9.83. The molecule has 162 valence electrons. The fourth-order valence-corrected chi connectivity index (χ4v) is 2.86. The van der Waals surface area contributed by atoms with Crippen LogP contribution < -0.4 is 19.5 Å². The van der Waals surface area contributed by atoms with E-state index in [-0.39, 0.29) is 6.42 Å². The molecule has 1 atom stereocenters. The summed E-state index contributed by atoms with van der Waals surface area (Å²) in [6.45, 7) is 3.75. The van der Waals surface area contributed by atoms with E-state index in [0.717, 1.165) is 5.56 Å². The molecule has 0 aliphatic carbocycles. The smallest absolute Gasteiger partial charge is 0.306 e. The van der Waals surface area contributed by atoms with Crippen LogP contribution in [0.1, 0.15) is 25.3 Å². The van der Waals surface area contributed by atoms with Crippen LogP contribution in [-0.2, 0) is 14.3 Å². The Kier molecular flexibility index (Phi) is 8.80. The molecule has 1 amide bonds. The summed E-state index contributed by atoms with van der Waals surface area (Å²) in [5, 5.41) is 3.33. The van der Waals surface area contributed by atoms with Gasteiger partial charge in [-0.25, -0.2) is 0 Å². The van der Waals surface area contributed by atoms with E-state index in [1.807, 2.05) is 13.0 Å². The van der Waals surface area contributed by atoms with Crippen LogP contribution in [0, 0.1) is 6.92 Å². The van der Waals surface area contributed by atoms with Gasteiger partial charge in [0.2, 0.25) is 0 Å². The van der Waals surface area contributed by atoms with Gasteiger partial charge in [0.15, 0.2) is 6.10 Å². The molecule has 30 heavy (non-hydrogen) atoms. The van der Waals surface area contributed by atoms with Gasteiger partial charge in [0.05, 0.1) is 26.5 Å². The molecule has 0 radical (unpaired) electrons. The second-order valence-corrected chi connectivity index (χ2v) is 6.99. The molecule has 0 heterocycles. The first kappa shape index (κ1) is 23.3. The molecular formula is C22H26ClNO6. The first-order chi connectivity index (χ1) is 14.3. The number of methoxy groups -OCH3 is 2. The molecule has 0 spiro atoms. The maximum Gasteiger partial charge on any atom is 0.306 e. The Morgan fingerprint density at radius 2 is 1.80 bits per heavy atom. The van der Waals surface area contributed by atoms with Gasteiger partial charge in [-0.3, -0.25) is 9.59 Å². The maximum absolute atomic E-state index is 12.4. The standard InChI is InChI=1S/C22H26ClNO6/c1-14-12-16(23)7-9-19(14)29-11-5-6-21(25)30-15(2)22(26)24-18-13-17(27-3)8-10-20(18)28-4/h7-10,12-13,15H,5-6,11H2,1-4H3,(H,24,26). The number of hydrogen-bond acceptors (Lipinski definition) is 6. The number of carbonyl (C=O) groups excluding carboxylic acids is 2. The molecular weight excluding hydrogens is 410 g/mol. The summed E-state index contributed by atoms with van der Waals surface area (Å²) in [5.74, 6) is 0.798. The van der Waals surface area contributed by atoms with Crippen molar-refractivity contribution in [3.05, 3.63) is 47.0 Å². The molecule has 0 fully saturated rings. The minimum absolute atomic E-state index is 0.132. The Labute approximate surface area is 181 Å². The van der Waals surface area contributed by atoms with Gasteiger partial charge in [-0.15, -0.1) is 0 Å². The molecule has 2 rings (SSSR count). The molecule has 0 saturated carbocycles. The van der Waals surface area contributed by atoms with E-state index >= 15 is 0 Å². The van der Waals surface area contributed by atoms with Crippen LogP contribution in [0.2, 0.25) is 5.02 Å². The minimum atomic E-state index is -0.965. The van der Waals surface area contributed by atoms with Gasteiger partial charge in [-0.05, 0) is 56.2 Å². The van der Waals surface area contributed by atoms with Gasteiger partial charge >= 0.3 is 5.97 Å². The van der Waals surface area contributed by atoms with Crippen molar-refractivity contribution in [3.63, 3.8) is 0 Å². The number of rotatable bonds is 10. The summed E-state index contributed by atoms with van der Waals surface area (Å²) in [6.07, 6.45) is -0.376. The largest absolute Gasteiger partial charge is 0.497 e. The van der Waals surface area contributed by atoms with E-state index in [9.17, 15) is 9.59 Å². The second kappa shape index (κ2) is 11.3. The Hall–Kier alpha value is -2.93. The molecule has 0 aliphatic heterocycles. The van der Waals surface area contributed by atoms with Gasteiger partial charge in [-0.2, -0.15) is 0 Å². The predicted octanol–water partition coefficient (Wildman–Crippen LogP) is 4.40. The van der Waals surface area contributed by atoms with E-state index in [2.05, 4.69) is 5.32 Å². The lowest BCUT2D eigenvalue weighted by Gasteiger charge is -2.16. The average Bonchev–Trinajstić information content (AvgIpc) is 2.72. The third-order valence-electron chi connectivity index (χ3n) is 4.26. The number of hydrogen-bond donors (Lipinski definition) is 1. The molecule has 1 unspecified atom stereocenters. The Morgan fingerprint density at radius 3 is 2.47 bits per heavy atom. The van der Waals surface area contributed by atoms with Crippen LogP contribution in [0.3, 0.4) is 0 Å². The molecule has 2 aromatic carbocycles. The zero-order valence-corrected chi connectivity index (χ0v) is 18.2. The van der Waals surface area contributed by atoms with Gasteiger partial charge < -0.3 is 24.3 Å². The monoisotopic (exact) mass is 435 g/mol. The molecule has 0 bridgehead atoms.